The highest BCUT2D eigenvalue weighted by Crippen LogP contribution is 2.20. The van der Waals surface area contributed by atoms with Gasteiger partial charge in [-0.25, -0.2) is 17.6 Å². The summed E-state index contributed by atoms with van der Waals surface area (Å²) in [4.78, 5) is 0. The predicted molar refractivity (Wildman–Crippen MR) is 248 cm³/mol. The first-order valence-electron chi connectivity index (χ1n) is 16.8. The van der Waals surface area contributed by atoms with E-state index in [1.54, 1.807) is 39.0 Å². The fraction of sp³-hybridized carbons (Fsp3) is 0.360. The molecule has 9 heteroatoms. The number of nitriles is 2. The van der Waals surface area contributed by atoms with Crippen molar-refractivity contribution in [1.29, 1.82) is 10.5 Å². The lowest BCUT2D eigenvalue weighted by Crippen LogP contribution is -1.88. The molecule has 5 aromatic carbocycles. The summed E-state index contributed by atoms with van der Waals surface area (Å²) in [6, 6.07) is 32.5. The minimum Gasteiger partial charge on any atom is -0.506 e. The minimum absolute atomic E-state index is 0. The minimum atomic E-state index is -0.676. The average molecular weight is 833 g/mol. The van der Waals surface area contributed by atoms with E-state index in [2.05, 4.69) is 57.2 Å². The fourth-order valence-corrected chi connectivity index (χ4v) is 3.48. The van der Waals surface area contributed by atoms with Crippen molar-refractivity contribution in [1.82, 2.24) is 0 Å². The Bertz CT molecular complexity index is 1720. The van der Waals surface area contributed by atoms with Crippen molar-refractivity contribution in [2.45, 2.75) is 113 Å². The van der Waals surface area contributed by atoms with Gasteiger partial charge in [-0.15, -0.1) is 0 Å². The van der Waals surface area contributed by atoms with Gasteiger partial charge in [0, 0.05) is 19.6 Å². The normalized spacial score (nSPS) is 7.61. The molecule has 0 aliphatic carbocycles. The number of phenols is 1. The first-order valence-corrected chi connectivity index (χ1v) is 16.8. The van der Waals surface area contributed by atoms with Crippen LogP contribution in [-0.4, -0.2) is 24.5 Å². The Morgan fingerprint density at radius 3 is 1.05 bits per heavy atom. The number of alkyl halides is 1. The van der Waals surface area contributed by atoms with E-state index in [-0.39, 0.29) is 59.8 Å². The number of rotatable bonds is 0. The molecule has 0 radical (unpaired) electrons. The van der Waals surface area contributed by atoms with Gasteiger partial charge in [-0.05, 0) is 108 Å². The van der Waals surface area contributed by atoms with Gasteiger partial charge in [0.15, 0.2) is 0 Å². The van der Waals surface area contributed by atoms with Gasteiger partial charge in [0.05, 0.1) is 13.2 Å². The quantitative estimate of drug-likeness (QED) is 0.152. The van der Waals surface area contributed by atoms with E-state index in [1.165, 1.54) is 60.9 Å². The van der Waals surface area contributed by atoms with Crippen LogP contribution in [0, 0.1) is 101 Å². The van der Waals surface area contributed by atoms with Crippen LogP contribution in [0.4, 0.5) is 22.0 Å². The molecule has 0 saturated heterocycles. The van der Waals surface area contributed by atoms with Gasteiger partial charge in [0.2, 0.25) is 0 Å². The summed E-state index contributed by atoms with van der Waals surface area (Å²) in [5.74, 6) is -2.04. The van der Waals surface area contributed by atoms with Crippen LogP contribution in [0.3, 0.4) is 0 Å². The molecule has 0 fully saturated rings. The predicted octanol–water partition coefficient (Wildman–Crippen LogP) is 16.0. The number of phenolic OH excluding ortho intramolecular Hbond substituents is 1. The standard InChI is InChI=1S/C8H8F2.C8H6FNO.C8H9F.C8H10.C7H8.C2H3N.C2H6.CH3F.CH4O.5CH4/c1-5-3-7(9)6(2)8(10)4-5;1-5-2-7(9)6(4-10)8(11)3-5;1-6-3-4-7(2)8(9)5-6;1-7-3-5-8(2)6-4-7;1-7-5-3-2-4-6-7;1-2-3;3*1-2;;;;;/h3-4H,1-2H3;2-3,11H,1H3;3-5H,1-2H3;3-6H,1-2H3;2-6H,1H3;1H3;1-2H3;1H3;2H,1H3;5*1H4. The highest BCUT2D eigenvalue weighted by molar-refractivity contribution is 5.45. The Morgan fingerprint density at radius 1 is 0.458 bits per heavy atom. The zero-order chi connectivity index (χ0) is 42.8. The summed E-state index contributed by atoms with van der Waals surface area (Å²) in [5, 5.41) is 31.7. The number of aromatic hydroxyl groups is 1. The topological polar surface area (TPSA) is 88.0 Å². The van der Waals surface area contributed by atoms with Crippen LogP contribution in [0.15, 0.2) is 97.1 Å². The smallest absolute Gasteiger partial charge is 0.145 e. The van der Waals surface area contributed by atoms with Crippen molar-refractivity contribution >= 4 is 0 Å². The van der Waals surface area contributed by atoms with Crippen LogP contribution in [0.1, 0.15) is 108 Å². The van der Waals surface area contributed by atoms with Crippen molar-refractivity contribution in [2.75, 3.05) is 14.3 Å². The number of benzene rings is 5. The lowest BCUT2D eigenvalue weighted by atomic mass is 10.1. The van der Waals surface area contributed by atoms with E-state index in [9.17, 15) is 22.0 Å². The molecule has 4 nitrogen and oxygen atoms in total. The first kappa shape index (κ1) is 74.5. The third-order valence-corrected chi connectivity index (χ3v) is 6.24. The Hall–Kier alpha value is -5.51. The Balaban J connectivity index is -0.0000000709. The van der Waals surface area contributed by atoms with Gasteiger partial charge in [-0.1, -0.05) is 134 Å². The number of nitrogens with zero attached hydrogens (tertiary/aromatic N) is 2. The Morgan fingerprint density at radius 2 is 0.763 bits per heavy atom. The molecule has 0 heterocycles. The lowest BCUT2D eigenvalue weighted by Gasteiger charge is -1.98. The Kier molecular flexibility index (Phi) is 59.1. The molecule has 0 amide bonds. The molecule has 0 spiro atoms. The first-order chi connectivity index (χ1) is 25.6. The van der Waals surface area contributed by atoms with Gasteiger partial charge in [-0.3, -0.25) is 4.39 Å². The van der Waals surface area contributed by atoms with Crippen LogP contribution in [0.25, 0.3) is 0 Å². The van der Waals surface area contributed by atoms with Crippen LogP contribution in [0.2, 0.25) is 0 Å². The summed E-state index contributed by atoms with van der Waals surface area (Å²) in [7, 11) is 1.50. The molecular formula is C50H77F5N2O2. The van der Waals surface area contributed by atoms with Crippen molar-refractivity contribution in [3.8, 4) is 17.9 Å². The number of halogens is 5. The molecule has 5 aromatic rings. The maximum absolute atomic E-state index is 12.7. The van der Waals surface area contributed by atoms with Gasteiger partial charge < -0.3 is 10.2 Å². The lowest BCUT2D eigenvalue weighted by molar-refractivity contribution is 0.399. The van der Waals surface area contributed by atoms with Crippen LogP contribution in [-0.2, 0) is 0 Å². The average Bonchev–Trinajstić information content (AvgIpc) is 3.14. The monoisotopic (exact) mass is 833 g/mol. The van der Waals surface area contributed by atoms with Crippen molar-refractivity contribution in [2.24, 2.45) is 0 Å². The molecule has 334 valence electrons. The van der Waals surface area contributed by atoms with Crippen molar-refractivity contribution in [3.05, 3.63) is 170 Å². The van der Waals surface area contributed by atoms with Gasteiger partial charge >= 0.3 is 0 Å². The van der Waals surface area contributed by atoms with E-state index in [4.69, 9.17) is 20.7 Å². The van der Waals surface area contributed by atoms with Crippen molar-refractivity contribution in [3.63, 3.8) is 0 Å². The van der Waals surface area contributed by atoms with Gasteiger partial charge in [0.1, 0.15) is 40.7 Å². The fourth-order valence-electron chi connectivity index (χ4n) is 3.48. The maximum atomic E-state index is 12.7. The van der Waals surface area contributed by atoms with Crippen LogP contribution >= 0.6 is 0 Å². The molecule has 59 heavy (non-hydrogen) atoms. The van der Waals surface area contributed by atoms with E-state index in [0.29, 0.717) is 23.9 Å². The summed E-state index contributed by atoms with van der Waals surface area (Å²) in [6.07, 6.45) is 0. The zero-order valence-electron chi connectivity index (χ0n) is 33.9. The van der Waals surface area contributed by atoms with E-state index >= 15 is 0 Å². The highest BCUT2D eigenvalue weighted by Gasteiger charge is 2.07. The Labute approximate surface area is 357 Å². The molecule has 0 saturated carbocycles. The second kappa shape index (κ2) is 46.9. The second-order valence-corrected chi connectivity index (χ2v) is 10.9. The molecule has 5 rings (SSSR count). The summed E-state index contributed by atoms with van der Waals surface area (Å²) >= 11 is 0. The third-order valence-electron chi connectivity index (χ3n) is 6.24. The highest BCUT2D eigenvalue weighted by atomic mass is 19.1. The third kappa shape index (κ3) is 37.8. The number of aliphatic hydroxyl groups excluding tert-OH is 1. The van der Waals surface area contributed by atoms with E-state index in [1.807, 2.05) is 45.0 Å². The van der Waals surface area contributed by atoms with Crippen LogP contribution < -0.4 is 0 Å². The molecule has 0 aliphatic heterocycles. The number of hydrogen-bond donors (Lipinski definition) is 2. The zero-order valence-corrected chi connectivity index (χ0v) is 33.9. The van der Waals surface area contributed by atoms with Gasteiger partial charge in [0.25, 0.3) is 0 Å². The molecule has 0 unspecified atom stereocenters. The molecule has 0 bridgehead atoms. The van der Waals surface area contributed by atoms with Gasteiger partial charge in [-0.2, -0.15) is 10.5 Å². The largest absolute Gasteiger partial charge is 0.506 e. The molecule has 2 N–H and O–H groups in total. The molecule has 0 aromatic heterocycles. The van der Waals surface area contributed by atoms with Crippen LogP contribution in [0.5, 0.6) is 5.75 Å². The molecular weight excluding hydrogens is 756 g/mol. The second-order valence-electron chi connectivity index (χ2n) is 10.9. The number of aryl methyl sites for hydroxylation is 7. The summed E-state index contributed by atoms with van der Waals surface area (Å²) in [5.41, 5.74) is 6.66. The summed E-state index contributed by atoms with van der Waals surface area (Å²) < 4.78 is 60.0. The number of aliphatic hydroxyl groups is 1. The number of hydrogen-bond acceptors (Lipinski definition) is 4. The SMILES string of the molecule is C.C.C.C.C.CC.CC#N.CF.CO.Cc1cc(F)c(C)c(F)c1.Cc1cc(O)c(C#N)c(F)c1.Cc1ccc(C)c(F)c1.Cc1ccc(C)cc1.Cc1ccccc1. The van der Waals surface area contributed by atoms with Crippen molar-refractivity contribution < 1.29 is 32.2 Å². The molecule has 0 aliphatic rings. The van der Waals surface area contributed by atoms with E-state index < -0.39 is 17.5 Å². The van der Waals surface area contributed by atoms with E-state index in [0.717, 1.165) is 12.7 Å². The molecule has 0 atom stereocenters. The maximum Gasteiger partial charge on any atom is 0.145 e. The summed E-state index contributed by atoms with van der Waals surface area (Å²) in [6.45, 7) is 20.1.